The monoisotopic (exact) mass is 395 g/mol. The van der Waals surface area contributed by atoms with E-state index in [2.05, 4.69) is 10.5 Å². The normalized spacial score (nSPS) is 17.9. The number of nitrogens with zero attached hydrogens (tertiary/aromatic N) is 2. The molecule has 0 unspecified atom stereocenters. The lowest BCUT2D eigenvalue weighted by Gasteiger charge is -2.26. The Hall–Kier alpha value is -2.93. The van der Waals surface area contributed by atoms with Crippen LogP contribution in [0.4, 0.5) is 0 Å². The van der Waals surface area contributed by atoms with Gasteiger partial charge in [0.2, 0.25) is 0 Å². The van der Waals surface area contributed by atoms with Crippen LogP contribution in [-0.2, 0) is 11.2 Å². The third kappa shape index (κ3) is 3.96. The summed E-state index contributed by atoms with van der Waals surface area (Å²) in [6.07, 6.45) is 2.36. The highest BCUT2D eigenvalue weighted by Crippen LogP contribution is 2.30. The fourth-order valence-corrected chi connectivity index (χ4v) is 3.78. The molecule has 0 bridgehead atoms. The van der Waals surface area contributed by atoms with Crippen LogP contribution in [0.5, 0.6) is 0 Å². The van der Waals surface area contributed by atoms with Crippen molar-refractivity contribution in [2.45, 2.75) is 33.1 Å². The number of ether oxygens (including phenoxy) is 1. The van der Waals surface area contributed by atoms with Crippen LogP contribution in [0.15, 0.2) is 33.8 Å². The van der Waals surface area contributed by atoms with Gasteiger partial charge >= 0.3 is 0 Å². The van der Waals surface area contributed by atoms with Crippen molar-refractivity contribution >= 4 is 17.5 Å². The maximum Gasteiger partial charge on any atom is 0.290 e. The van der Waals surface area contributed by atoms with Crippen molar-refractivity contribution in [3.8, 4) is 0 Å². The smallest absolute Gasteiger partial charge is 0.290 e. The number of aryl methyl sites for hydroxylation is 2. The summed E-state index contributed by atoms with van der Waals surface area (Å²) in [6.45, 7) is 6.09. The molecule has 2 heterocycles. The number of rotatable bonds is 3. The SMILES string of the molecule is Cc1ccc(C(=O)N/N=C2\CCCc3oc(C(=O)N4CCOCC4)c(C)c32)cc1. The molecule has 7 heteroatoms. The minimum atomic E-state index is -0.254. The minimum Gasteiger partial charge on any atom is -0.455 e. The molecule has 0 radical (unpaired) electrons. The Morgan fingerprint density at radius 1 is 1.07 bits per heavy atom. The Morgan fingerprint density at radius 2 is 1.79 bits per heavy atom. The second-order valence-corrected chi connectivity index (χ2v) is 7.48. The quantitative estimate of drug-likeness (QED) is 0.810. The van der Waals surface area contributed by atoms with Crippen molar-refractivity contribution in [3.05, 3.63) is 58.0 Å². The minimum absolute atomic E-state index is 0.108. The zero-order valence-corrected chi connectivity index (χ0v) is 16.8. The maximum atomic E-state index is 12.9. The number of fused-ring (bicyclic) bond motifs is 1. The molecule has 29 heavy (non-hydrogen) atoms. The predicted octanol–water partition coefficient (Wildman–Crippen LogP) is 2.84. The topological polar surface area (TPSA) is 84.1 Å². The van der Waals surface area contributed by atoms with E-state index in [4.69, 9.17) is 9.15 Å². The second-order valence-electron chi connectivity index (χ2n) is 7.48. The van der Waals surface area contributed by atoms with Crippen LogP contribution in [0.1, 0.15) is 56.2 Å². The summed E-state index contributed by atoms with van der Waals surface area (Å²) in [4.78, 5) is 27.1. The Bertz CT molecular complexity index is 953. The lowest BCUT2D eigenvalue weighted by molar-refractivity contribution is 0.0281. The number of carbonyl (C=O) groups is 2. The second kappa shape index (κ2) is 8.21. The highest BCUT2D eigenvalue weighted by molar-refractivity contribution is 6.07. The van der Waals surface area contributed by atoms with Crippen LogP contribution in [0.3, 0.4) is 0 Å². The molecule has 0 saturated carbocycles. The number of hydrazone groups is 1. The number of nitrogens with one attached hydrogen (secondary N) is 1. The molecule has 152 valence electrons. The number of amides is 2. The van der Waals surface area contributed by atoms with Crippen LogP contribution in [0, 0.1) is 13.8 Å². The molecule has 0 atom stereocenters. The van der Waals surface area contributed by atoms with Crippen molar-refractivity contribution in [2.75, 3.05) is 26.3 Å². The van der Waals surface area contributed by atoms with Gasteiger partial charge in [0.15, 0.2) is 5.76 Å². The summed E-state index contributed by atoms with van der Waals surface area (Å²) in [5.41, 5.74) is 6.71. The summed E-state index contributed by atoms with van der Waals surface area (Å²) < 4.78 is 11.3. The van der Waals surface area contributed by atoms with Crippen molar-refractivity contribution < 1.29 is 18.7 Å². The zero-order valence-electron chi connectivity index (χ0n) is 16.8. The van der Waals surface area contributed by atoms with Gasteiger partial charge in [0, 0.05) is 36.2 Å². The largest absolute Gasteiger partial charge is 0.455 e. The van der Waals surface area contributed by atoms with E-state index >= 15 is 0 Å². The number of hydrogen-bond acceptors (Lipinski definition) is 5. The van der Waals surface area contributed by atoms with Gasteiger partial charge in [0.1, 0.15) is 5.76 Å². The van der Waals surface area contributed by atoms with Crippen LogP contribution < -0.4 is 5.43 Å². The van der Waals surface area contributed by atoms with E-state index in [1.807, 2.05) is 26.0 Å². The highest BCUT2D eigenvalue weighted by atomic mass is 16.5. The van der Waals surface area contributed by atoms with Gasteiger partial charge in [0.25, 0.3) is 11.8 Å². The molecule has 1 aromatic carbocycles. The molecule has 1 aromatic heterocycles. The molecule has 7 nitrogen and oxygen atoms in total. The zero-order chi connectivity index (χ0) is 20.4. The van der Waals surface area contributed by atoms with E-state index in [9.17, 15) is 9.59 Å². The maximum absolute atomic E-state index is 12.9. The van der Waals surface area contributed by atoms with E-state index in [0.717, 1.165) is 47.4 Å². The number of hydrogen-bond donors (Lipinski definition) is 1. The Balaban J connectivity index is 1.56. The van der Waals surface area contributed by atoms with E-state index < -0.39 is 0 Å². The van der Waals surface area contributed by atoms with E-state index in [-0.39, 0.29) is 11.8 Å². The van der Waals surface area contributed by atoms with Crippen molar-refractivity contribution in [3.63, 3.8) is 0 Å². The molecule has 1 fully saturated rings. The standard InChI is InChI=1S/C22H25N3O4/c1-14-6-8-16(9-7-14)21(26)24-23-17-4-3-5-18-19(17)15(2)20(29-18)22(27)25-10-12-28-13-11-25/h6-9H,3-5,10-13H2,1-2H3,(H,24,26)/b23-17+. The third-order valence-electron chi connectivity index (χ3n) is 5.42. The predicted molar refractivity (Wildman–Crippen MR) is 108 cm³/mol. The summed E-state index contributed by atoms with van der Waals surface area (Å²) in [5.74, 6) is 0.781. The Morgan fingerprint density at radius 3 is 2.52 bits per heavy atom. The summed E-state index contributed by atoms with van der Waals surface area (Å²) in [7, 11) is 0. The van der Waals surface area contributed by atoms with Crippen molar-refractivity contribution in [2.24, 2.45) is 5.10 Å². The first kappa shape index (κ1) is 19.4. The average Bonchev–Trinajstić information content (AvgIpc) is 3.10. The number of benzene rings is 1. The molecule has 1 aliphatic carbocycles. The van der Waals surface area contributed by atoms with Gasteiger partial charge in [-0.25, -0.2) is 5.43 Å². The van der Waals surface area contributed by atoms with Gasteiger partial charge in [-0.2, -0.15) is 5.10 Å². The first-order valence-electron chi connectivity index (χ1n) is 9.98. The third-order valence-corrected chi connectivity index (χ3v) is 5.42. The fourth-order valence-electron chi connectivity index (χ4n) is 3.78. The summed E-state index contributed by atoms with van der Waals surface area (Å²) >= 11 is 0. The molecule has 1 N–H and O–H groups in total. The summed E-state index contributed by atoms with van der Waals surface area (Å²) in [5, 5.41) is 4.38. The van der Waals surface area contributed by atoms with Crippen molar-refractivity contribution in [1.29, 1.82) is 0 Å². The van der Waals surface area contributed by atoms with Gasteiger partial charge in [-0.15, -0.1) is 0 Å². The molecular weight excluding hydrogens is 370 g/mol. The Kier molecular flexibility index (Phi) is 5.49. The van der Waals surface area contributed by atoms with Crippen LogP contribution in [-0.4, -0.2) is 48.7 Å². The molecule has 1 aliphatic heterocycles. The van der Waals surface area contributed by atoms with Gasteiger partial charge in [-0.3, -0.25) is 9.59 Å². The fraction of sp³-hybridized carbons (Fsp3) is 0.409. The van der Waals surface area contributed by atoms with Gasteiger partial charge in [-0.05, 0) is 38.8 Å². The lowest BCUT2D eigenvalue weighted by Crippen LogP contribution is -2.40. The molecular formula is C22H25N3O4. The number of furan rings is 1. The van der Waals surface area contributed by atoms with E-state index in [0.29, 0.717) is 37.6 Å². The molecule has 0 spiro atoms. The van der Waals surface area contributed by atoms with Crippen LogP contribution in [0.2, 0.25) is 0 Å². The first-order valence-corrected chi connectivity index (χ1v) is 9.98. The molecule has 2 aromatic rings. The van der Waals surface area contributed by atoms with E-state index in [1.165, 1.54) is 0 Å². The van der Waals surface area contributed by atoms with Gasteiger partial charge < -0.3 is 14.1 Å². The number of morpholine rings is 1. The summed E-state index contributed by atoms with van der Waals surface area (Å²) in [6, 6.07) is 7.34. The van der Waals surface area contributed by atoms with Gasteiger partial charge in [0.05, 0.1) is 18.9 Å². The van der Waals surface area contributed by atoms with Gasteiger partial charge in [-0.1, -0.05) is 17.7 Å². The van der Waals surface area contributed by atoms with Crippen LogP contribution >= 0.6 is 0 Å². The molecule has 1 saturated heterocycles. The van der Waals surface area contributed by atoms with Crippen LogP contribution in [0.25, 0.3) is 0 Å². The molecule has 2 aliphatic rings. The number of carbonyl (C=O) groups excluding carboxylic acids is 2. The average molecular weight is 395 g/mol. The molecule has 2 amide bonds. The van der Waals surface area contributed by atoms with Crippen molar-refractivity contribution in [1.82, 2.24) is 10.3 Å². The highest BCUT2D eigenvalue weighted by Gasteiger charge is 2.30. The molecule has 4 rings (SSSR count). The Labute approximate surface area is 169 Å². The van der Waals surface area contributed by atoms with E-state index in [1.54, 1.807) is 17.0 Å². The lowest BCUT2D eigenvalue weighted by atomic mass is 9.93. The first-order chi connectivity index (χ1) is 14.0.